The predicted molar refractivity (Wildman–Crippen MR) is 55.1 cm³/mol. The molecule has 0 aliphatic carbocycles. The third-order valence-corrected chi connectivity index (χ3v) is 2.73. The summed E-state index contributed by atoms with van der Waals surface area (Å²) in [6, 6.07) is 8.30. The first-order chi connectivity index (χ1) is 6.95. The molecule has 1 aromatic heterocycles. The van der Waals surface area contributed by atoms with E-state index in [-0.39, 0.29) is 0 Å². The van der Waals surface area contributed by atoms with E-state index in [1.54, 1.807) is 0 Å². The van der Waals surface area contributed by atoms with Crippen LogP contribution in [0, 0.1) is 0 Å². The summed E-state index contributed by atoms with van der Waals surface area (Å²) in [4.78, 5) is 4.41. The van der Waals surface area contributed by atoms with Gasteiger partial charge in [0, 0.05) is 11.6 Å². The van der Waals surface area contributed by atoms with Crippen LogP contribution < -0.4 is 0 Å². The van der Waals surface area contributed by atoms with Crippen molar-refractivity contribution in [3.63, 3.8) is 0 Å². The molecule has 70 valence electrons. The Balaban J connectivity index is 2.34. The minimum Gasteiger partial charge on any atom is -0.376 e. The molecule has 0 saturated carbocycles. The van der Waals surface area contributed by atoms with Crippen LogP contribution in [0.1, 0.15) is 11.1 Å². The summed E-state index contributed by atoms with van der Waals surface area (Å²) in [5.41, 5.74) is 3.75. The third kappa shape index (κ3) is 1.11. The number of fused-ring (bicyclic) bond motifs is 3. The summed E-state index contributed by atoms with van der Waals surface area (Å²) < 4.78 is 5.40. The van der Waals surface area contributed by atoms with Crippen molar-refractivity contribution in [2.75, 3.05) is 6.61 Å². The minimum atomic E-state index is 0.715. The van der Waals surface area contributed by atoms with Gasteiger partial charge < -0.3 is 4.74 Å². The average Bonchev–Trinajstić information content (AvgIpc) is 2.29. The molecule has 0 atom stereocenters. The second-order valence-corrected chi connectivity index (χ2v) is 3.58. The van der Waals surface area contributed by atoms with Crippen LogP contribution in [0.4, 0.5) is 0 Å². The van der Waals surface area contributed by atoms with Gasteiger partial charge in [-0.25, -0.2) is 0 Å². The zero-order chi connectivity index (χ0) is 9.38. The Labute approximate surface area is 82.5 Å². The Morgan fingerprint density at radius 3 is 3.14 bits per heavy atom. The van der Waals surface area contributed by atoms with Gasteiger partial charge in [0.15, 0.2) is 0 Å². The molecule has 0 unspecified atom stereocenters. The van der Waals surface area contributed by atoms with E-state index < -0.39 is 0 Å². The van der Waals surface area contributed by atoms with Crippen LogP contribution in [0.3, 0.4) is 0 Å². The van der Waals surface area contributed by atoms with Crippen LogP contribution in [0.25, 0.3) is 10.9 Å². The molecule has 2 heterocycles. The molecule has 0 saturated heterocycles. The highest BCUT2D eigenvalue weighted by Crippen LogP contribution is 2.24. The number of hydrogen-bond acceptors (Lipinski definition) is 2. The van der Waals surface area contributed by atoms with E-state index in [2.05, 4.69) is 23.2 Å². The van der Waals surface area contributed by atoms with E-state index in [1.165, 1.54) is 16.5 Å². The van der Waals surface area contributed by atoms with Gasteiger partial charge in [-0.05, 0) is 23.6 Å². The summed E-state index contributed by atoms with van der Waals surface area (Å²) in [5, 5.41) is 1.29. The van der Waals surface area contributed by atoms with Gasteiger partial charge in [-0.1, -0.05) is 18.2 Å². The van der Waals surface area contributed by atoms with Crippen LogP contribution in [0.5, 0.6) is 0 Å². The van der Waals surface area contributed by atoms with E-state index >= 15 is 0 Å². The molecule has 14 heavy (non-hydrogen) atoms. The molecule has 0 radical (unpaired) electrons. The molecular weight excluding hydrogens is 174 g/mol. The largest absolute Gasteiger partial charge is 0.376 e. The topological polar surface area (TPSA) is 22.1 Å². The van der Waals surface area contributed by atoms with Gasteiger partial charge in [0.25, 0.3) is 0 Å². The SMILES string of the molecule is c1ccc2c3c(cnc2c1)COCC3. The molecule has 0 amide bonds. The van der Waals surface area contributed by atoms with Gasteiger partial charge >= 0.3 is 0 Å². The van der Waals surface area contributed by atoms with E-state index in [4.69, 9.17) is 4.74 Å². The quantitative estimate of drug-likeness (QED) is 0.628. The zero-order valence-corrected chi connectivity index (χ0v) is 7.86. The van der Waals surface area contributed by atoms with E-state index in [9.17, 15) is 0 Å². The van der Waals surface area contributed by atoms with Crippen molar-refractivity contribution in [2.24, 2.45) is 0 Å². The highest BCUT2D eigenvalue weighted by Gasteiger charge is 2.12. The lowest BCUT2D eigenvalue weighted by Gasteiger charge is -2.17. The molecule has 2 nitrogen and oxygen atoms in total. The van der Waals surface area contributed by atoms with Crippen molar-refractivity contribution in [1.29, 1.82) is 0 Å². The lowest BCUT2D eigenvalue weighted by Crippen LogP contribution is -2.10. The third-order valence-electron chi connectivity index (χ3n) is 2.73. The van der Waals surface area contributed by atoms with Crippen LogP contribution >= 0.6 is 0 Å². The minimum absolute atomic E-state index is 0.715. The summed E-state index contributed by atoms with van der Waals surface area (Å²) in [6.45, 7) is 1.55. The van der Waals surface area contributed by atoms with Gasteiger partial charge in [0.05, 0.1) is 18.7 Å². The lowest BCUT2D eigenvalue weighted by atomic mass is 10.00. The van der Waals surface area contributed by atoms with Gasteiger partial charge in [0.2, 0.25) is 0 Å². The highest BCUT2D eigenvalue weighted by atomic mass is 16.5. The lowest BCUT2D eigenvalue weighted by molar-refractivity contribution is 0.111. The number of hydrogen-bond donors (Lipinski definition) is 0. The van der Waals surface area contributed by atoms with Crippen LogP contribution in [0.2, 0.25) is 0 Å². The second-order valence-electron chi connectivity index (χ2n) is 3.58. The number of aromatic nitrogens is 1. The molecule has 0 bridgehead atoms. The highest BCUT2D eigenvalue weighted by molar-refractivity contribution is 5.83. The van der Waals surface area contributed by atoms with Crippen molar-refractivity contribution in [3.05, 3.63) is 41.6 Å². The predicted octanol–water partition coefficient (Wildman–Crippen LogP) is 2.31. The van der Waals surface area contributed by atoms with Crippen LogP contribution in [-0.4, -0.2) is 11.6 Å². The standard InChI is InChI=1S/C12H11NO/c1-2-4-12-11(3-1)10-5-6-14-8-9(10)7-13-12/h1-4,7H,5-6,8H2. The molecule has 2 heteroatoms. The van der Waals surface area contributed by atoms with Crippen molar-refractivity contribution in [2.45, 2.75) is 13.0 Å². The Kier molecular flexibility index (Phi) is 1.74. The number of nitrogens with zero attached hydrogens (tertiary/aromatic N) is 1. The Morgan fingerprint density at radius 2 is 2.14 bits per heavy atom. The van der Waals surface area contributed by atoms with Crippen LogP contribution in [0.15, 0.2) is 30.5 Å². The molecule has 2 aromatic rings. The summed E-state index contributed by atoms with van der Waals surface area (Å²) >= 11 is 0. The number of rotatable bonds is 0. The molecule has 0 N–H and O–H groups in total. The Hall–Kier alpha value is -1.41. The van der Waals surface area contributed by atoms with Crippen molar-refractivity contribution < 1.29 is 4.74 Å². The fourth-order valence-electron chi connectivity index (χ4n) is 2.02. The number of ether oxygens (including phenoxy) is 1. The van der Waals surface area contributed by atoms with Gasteiger partial charge in [-0.3, -0.25) is 4.98 Å². The van der Waals surface area contributed by atoms with Crippen LogP contribution in [-0.2, 0) is 17.8 Å². The maximum absolute atomic E-state index is 5.40. The molecule has 3 rings (SSSR count). The van der Waals surface area contributed by atoms with E-state index in [0.717, 1.165) is 18.5 Å². The second kappa shape index (κ2) is 3.07. The van der Waals surface area contributed by atoms with E-state index in [1.807, 2.05) is 12.3 Å². The Bertz CT molecular complexity index is 479. The number of pyridine rings is 1. The van der Waals surface area contributed by atoms with Gasteiger partial charge in [0.1, 0.15) is 0 Å². The monoisotopic (exact) mass is 185 g/mol. The Morgan fingerprint density at radius 1 is 1.21 bits per heavy atom. The fraction of sp³-hybridized carbons (Fsp3) is 0.250. The normalized spacial score (nSPS) is 15.4. The molecular formula is C12H11NO. The molecule has 0 spiro atoms. The molecule has 1 aliphatic rings. The maximum Gasteiger partial charge on any atom is 0.0734 e. The number of para-hydroxylation sites is 1. The average molecular weight is 185 g/mol. The first-order valence-electron chi connectivity index (χ1n) is 4.88. The van der Waals surface area contributed by atoms with Gasteiger partial charge in [-0.15, -0.1) is 0 Å². The first kappa shape index (κ1) is 7.94. The number of benzene rings is 1. The summed E-state index contributed by atoms with van der Waals surface area (Å²) in [6.07, 6.45) is 2.95. The van der Waals surface area contributed by atoms with E-state index in [0.29, 0.717) is 6.61 Å². The van der Waals surface area contributed by atoms with Crippen molar-refractivity contribution in [3.8, 4) is 0 Å². The molecule has 1 aromatic carbocycles. The fourth-order valence-corrected chi connectivity index (χ4v) is 2.02. The first-order valence-corrected chi connectivity index (χ1v) is 4.88. The molecule has 1 aliphatic heterocycles. The maximum atomic E-state index is 5.40. The zero-order valence-electron chi connectivity index (χ0n) is 7.86. The summed E-state index contributed by atoms with van der Waals surface area (Å²) in [7, 11) is 0. The van der Waals surface area contributed by atoms with Crippen molar-refractivity contribution in [1.82, 2.24) is 4.98 Å². The summed E-state index contributed by atoms with van der Waals surface area (Å²) in [5.74, 6) is 0. The van der Waals surface area contributed by atoms with Gasteiger partial charge in [-0.2, -0.15) is 0 Å². The smallest absolute Gasteiger partial charge is 0.0734 e. The van der Waals surface area contributed by atoms with Crippen molar-refractivity contribution >= 4 is 10.9 Å². The molecule has 0 fully saturated rings.